The molecular formula is C9H15O9P. The summed E-state index contributed by atoms with van der Waals surface area (Å²) >= 11 is 0. The van der Waals surface area contributed by atoms with Crippen LogP contribution in [-0.4, -0.2) is 48.2 Å². The van der Waals surface area contributed by atoms with Crippen molar-refractivity contribution in [1.29, 1.82) is 0 Å². The summed E-state index contributed by atoms with van der Waals surface area (Å²) in [6, 6.07) is 0. The maximum Gasteiger partial charge on any atom is 0.343 e. The summed E-state index contributed by atoms with van der Waals surface area (Å²) in [6.45, 7) is 1.83. The van der Waals surface area contributed by atoms with Gasteiger partial charge in [-0.2, -0.15) is 0 Å². The van der Waals surface area contributed by atoms with E-state index in [9.17, 15) is 18.9 Å². The van der Waals surface area contributed by atoms with Crippen molar-refractivity contribution >= 4 is 25.5 Å². The SMILES string of the molecule is CCC(C(=O)O)C(C(=O)O)C(C)(C(=O)O)P(=O)(O)O. The fourth-order valence-corrected chi connectivity index (χ4v) is 2.70. The molecule has 0 spiro atoms. The molecule has 110 valence electrons. The average molecular weight is 298 g/mol. The molecule has 0 amide bonds. The van der Waals surface area contributed by atoms with Crippen LogP contribution in [0.15, 0.2) is 0 Å². The summed E-state index contributed by atoms with van der Waals surface area (Å²) in [5.41, 5.74) is 0. The molecule has 0 aromatic heterocycles. The van der Waals surface area contributed by atoms with Crippen molar-refractivity contribution in [2.45, 2.75) is 25.4 Å². The molecule has 0 rings (SSSR count). The Balaban J connectivity index is 6.12. The van der Waals surface area contributed by atoms with Gasteiger partial charge >= 0.3 is 25.5 Å². The molecule has 0 aromatic rings. The third-order valence-corrected chi connectivity index (χ3v) is 4.75. The highest BCUT2D eigenvalue weighted by molar-refractivity contribution is 7.54. The van der Waals surface area contributed by atoms with Crippen LogP contribution in [0.5, 0.6) is 0 Å². The van der Waals surface area contributed by atoms with Crippen LogP contribution < -0.4 is 0 Å². The van der Waals surface area contributed by atoms with Crippen LogP contribution in [-0.2, 0) is 18.9 Å². The molecule has 0 aliphatic heterocycles. The highest BCUT2D eigenvalue weighted by Crippen LogP contribution is 2.56. The van der Waals surface area contributed by atoms with Gasteiger partial charge in [-0.25, -0.2) is 0 Å². The van der Waals surface area contributed by atoms with Gasteiger partial charge in [-0.1, -0.05) is 6.92 Å². The molecule has 0 aliphatic carbocycles. The number of hydrogen-bond acceptors (Lipinski definition) is 4. The summed E-state index contributed by atoms with van der Waals surface area (Å²) in [4.78, 5) is 51.5. The normalized spacial score (nSPS) is 18.1. The topological polar surface area (TPSA) is 169 Å². The van der Waals surface area contributed by atoms with Crippen molar-refractivity contribution < 1.29 is 44.1 Å². The third-order valence-electron chi connectivity index (χ3n) is 3.07. The lowest BCUT2D eigenvalue weighted by Gasteiger charge is -2.34. The standard InChI is InChI=1S/C9H15O9P/c1-3-4(6(10)11)5(7(12)13)9(2,8(14)15)19(16,17)18/h4-5H,3H2,1-2H3,(H,10,11)(H,12,13)(H,14,15)(H2,16,17,18). The lowest BCUT2D eigenvalue weighted by molar-refractivity contribution is -0.160. The predicted molar refractivity (Wildman–Crippen MR) is 60.6 cm³/mol. The monoisotopic (exact) mass is 298 g/mol. The molecule has 9 nitrogen and oxygen atoms in total. The van der Waals surface area contributed by atoms with E-state index in [2.05, 4.69) is 0 Å². The van der Waals surface area contributed by atoms with Crippen LogP contribution in [0.2, 0.25) is 0 Å². The van der Waals surface area contributed by atoms with Crippen molar-refractivity contribution in [2.24, 2.45) is 11.8 Å². The molecule has 0 aliphatic rings. The van der Waals surface area contributed by atoms with Crippen LogP contribution >= 0.6 is 7.60 Å². The number of carbonyl (C=O) groups is 3. The first-order chi connectivity index (χ1) is 8.41. The summed E-state index contributed by atoms with van der Waals surface area (Å²) in [6.07, 6.45) is -0.283. The summed E-state index contributed by atoms with van der Waals surface area (Å²) in [7, 11) is -5.40. The van der Waals surface area contributed by atoms with Gasteiger partial charge in [0.25, 0.3) is 0 Å². The van der Waals surface area contributed by atoms with E-state index in [1.807, 2.05) is 0 Å². The van der Waals surface area contributed by atoms with Gasteiger partial charge in [0.1, 0.15) is 0 Å². The van der Waals surface area contributed by atoms with E-state index in [-0.39, 0.29) is 6.42 Å². The second-order valence-electron chi connectivity index (χ2n) is 4.17. The first-order valence-electron chi connectivity index (χ1n) is 5.15. The Kier molecular flexibility index (Phi) is 5.25. The van der Waals surface area contributed by atoms with E-state index in [1.165, 1.54) is 6.92 Å². The molecule has 0 radical (unpaired) electrons. The molecule has 0 heterocycles. The minimum absolute atomic E-state index is 0.283. The molecule has 5 N–H and O–H groups in total. The number of aliphatic carboxylic acids is 3. The van der Waals surface area contributed by atoms with Gasteiger partial charge in [-0.15, -0.1) is 0 Å². The van der Waals surface area contributed by atoms with Gasteiger partial charge in [0.05, 0.1) is 11.8 Å². The first kappa shape index (κ1) is 17.6. The van der Waals surface area contributed by atoms with Gasteiger partial charge < -0.3 is 25.1 Å². The molecule has 0 fully saturated rings. The van der Waals surface area contributed by atoms with Crippen LogP contribution in [0, 0.1) is 11.8 Å². The quantitative estimate of drug-likeness (QED) is 0.400. The Labute approximate surface area is 108 Å². The van der Waals surface area contributed by atoms with Crippen molar-refractivity contribution in [2.75, 3.05) is 0 Å². The predicted octanol–water partition coefficient (Wildman–Crippen LogP) is -0.181. The Morgan fingerprint density at radius 1 is 1.11 bits per heavy atom. The average Bonchev–Trinajstić information content (AvgIpc) is 2.21. The zero-order chi connectivity index (χ0) is 15.6. The zero-order valence-corrected chi connectivity index (χ0v) is 11.1. The Bertz CT molecular complexity index is 439. The number of rotatable bonds is 7. The zero-order valence-electron chi connectivity index (χ0n) is 10.2. The van der Waals surface area contributed by atoms with Gasteiger partial charge in [0.2, 0.25) is 0 Å². The van der Waals surface area contributed by atoms with Crippen LogP contribution in [0.1, 0.15) is 20.3 Å². The van der Waals surface area contributed by atoms with E-state index < -0.39 is 42.5 Å². The summed E-state index contributed by atoms with van der Waals surface area (Å²) in [5, 5.41) is 23.8. The van der Waals surface area contributed by atoms with E-state index in [4.69, 9.17) is 25.1 Å². The Morgan fingerprint density at radius 2 is 1.53 bits per heavy atom. The highest BCUT2D eigenvalue weighted by Gasteiger charge is 2.61. The molecule has 10 heteroatoms. The number of carboxylic acid groups (broad SMARTS) is 3. The lowest BCUT2D eigenvalue weighted by Crippen LogP contribution is -2.51. The molecule has 0 saturated heterocycles. The van der Waals surface area contributed by atoms with Crippen LogP contribution in [0.4, 0.5) is 0 Å². The highest BCUT2D eigenvalue weighted by atomic mass is 31.2. The van der Waals surface area contributed by atoms with E-state index in [1.54, 1.807) is 0 Å². The molecule has 3 unspecified atom stereocenters. The largest absolute Gasteiger partial charge is 0.481 e. The maximum atomic E-state index is 11.3. The van der Waals surface area contributed by atoms with E-state index in [0.29, 0.717) is 6.92 Å². The molecular weight excluding hydrogens is 283 g/mol. The van der Waals surface area contributed by atoms with Crippen LogP contribution in [0.3, 0.4) is 0 Å². The Morgan fingerprint density at radius 3 is 1.68 bits per heavy atom. The van der Waals surface area contributed by atoms with Gasteiger partial charge in [0, 0.05) is 0 Å². The van der Waals surface area contributed by atoms with E-state index in [0.717, 1.165) is 0 Å². The first-order valence-corrected chi connectivity index (χ1v) is 6.77. The maximum absolute atomic E-state index is 11.3. The fourth-order valence-electron chi connectivity index (χ4n) is 1.80. The molecule has 0 bridgehead atoms. The molecule has 0 aromatic carbocycles. The minimum atomic E-state index is -5.40. The summed E-state index contributed by atoms with van der Waals surface area (Å²) < 4.78 is 11.3. The third kappa shape index (κ3) is 3.12. The van der Waals surface area contributed by atoms with Crippen molar-refractivity contribution in [3.05, 3.63) is 0 Å². The Hall–Kier alpha value is -1.44. The van der Waals surface area contributed by atoms with Gasteiger partial charge in [-0.05, 0) is 13.3 Å². The molecule has 0 saturated carbocycles. The smallest absolute Gasteiger partial charge is 0.343 e. The fraction of sp³-hybridized carbons (Fsp3) is 0.667. The second-order valence-corrected chi connectivity index (χ2v) is 6.18. The van der Waals surface area contributed by atoms with Crippen molar-refractivity contribution in [1.82, 2.24) is 0 Å². The number of hydrogen-bond donors (Lipinski definition) is 5. The van der Waals surface area contributed by atoms with Gasteiger partial charge in [0.15, 0.2) is 5.16 Å². The lowest BCUT2D eigenvalue weighted by atomic mass is 9.80. The van der Waals surface area contributed by atoms with Crippen molar-refractivity contribution in [3.8, 4) is 0 Å². The summed E-state index contributed by atoms with van der Waals surface area (Å²) in [5.74, 6) is -9.56. The van der Waals surface area contributed by atoms with Gasteiger partial charge in [-0.3, -0.25) is 18.9 Å². The molecule has 3 atom stereocenters. The number of carboxylic acids is 3. The second kappa shape index (κ2) is 5.68. The molecule has 19 heavy (non-hydrogen) atoms. The minimum Gasteiger partial charge on any atom is -0.481 e. The van der Waals surface area contributed by atoms with E-state index >= 15 is 0 Å². The van der Waals surface area contributed by atoms with Crippen molar-refractivity contribution in [3.63, 3.8) is 0 Å². The van der Waals surface area contributed by atoms with Crippen LogP contribution in [0.25, 0.3) is 0 Å².